The molecular weight excluding hydrogens is 326 g/mol. The summed E-state index contributed by atoms with van der Waals surface area (Å²) in [6.45, 7) is 7.85. The zero-order valence-corrected chi connectivity index (χ0v) is 16.6. The molecule has 1 N–H and O–H groups in total. The third kappa shape index (κ3) is 1.69. The standard InChI is InChI=1S/C22H31NO3/c1-6-13-17-14-11-12-7-8-15(25-5)18-16(12)22(17,9-10-23(14)4)20(26-18)19(24)21(13,2)3/h7-8,13-14,17,19-20,24H,6,9-11H2,1-5H3/t13?,14-,17+,19?,20?,22-/m1/s1. The number of ether oxygens (including phenoxy) is 2. The number of hydrogen-bond acceptors (Lipinski definition) is 4. The van der Waals surface area contributed by atoms with Crippen LogP contribution in [-0.2, 0) is 11.8 Å². The molecule has 1 spiro atoms. The number of aliphatic hydroxyl groups excluding tert-OH is 1. The molecule has 0 radical (unpaired) electrons. The lowest BCUT2D eigenvalue weighted by Crippen LogP contribution is -2.72. The van der Waals surface area contributed by atoms with E-state index < -0.39 is 6.10 Å². The lowest BCUT2D eigenvalue weighted by molar-refractivity contribution is -0.188. The maximum Gasteiger partial charge on any atom is 0.165 e. The molecular formula is C22H31NO3. The Balaban J connectivity index is 1.82. The first-order valence-corrected chi connectivity index (χ1v) is 10.1. The van der Waals surface area contributed by atoms with Gasteiger partial charge in [0.25, 0.3) is 0 Å². The van der Waals surface area contributed by atoms with E-state index in [4.69, 9.17) is 9.47 Å². The van der Waals surface area contributed by atoms with E-state index >= 15 is 0 Å². The average Bonchev–Trinajstić information content (AvgIpc) is 2.96. The average molecular weight is 357 g/mol. The van der Waals surface area contributed by atoms with Gasteiger partial charge < -0.3 is 19.5 Å². The van der Waals surface area contributed by atoms with Crippen molar-refractivity contribution < 1.29 is 14.6 Å². The van der Waals surface area contributed by atoms with Crippen LogP contribution in [0, 0.1) is 17.3 Å². The van der Waals surface area contributed by atoms with Crippen molar-refractivity contribution in [3.63, 3.8) is 0 Å². The minimum atomic E-state index is -0.462. The van der Waals surface area contributed by atoms with Crippen molar-refractivity contribution in [1.82, 2.24) is 4.90 Å². The first-order chi connectivity index (χ1) is 12.4. The lowest BCUT2D eigenvalue weighted by Gasteiger charge is -2.65. The molecule has 1 saturated carbocycles. The molecule has 0 amide bonds. The smallest absolute Gasteiger partial charge is 0.165 e. The summed E-state index contributed by atoms with van der Waals surface area (Å²) in [6, 6.07) is 4.81. The van der Waals surface area contributed by atoms with Crippen molar-refractivity contribution in [1.29, 1.82) is 0 Å². The third-order valence-corrected chi connectivity index (χ3v) is 8.41. The maximum absolute atomic E-state index is 11.5. The van der Waals surface area contributed by atoms with Gasteiger partial charge in [-0.3, -0.25) is 0 Å². The van der Waals surface area contributed by atoms with Crippen LogP contribution in [0.15, 0.2) is 12.1 Å². The normalized spacial score (nSPS) is 42.2. The summed E-state index contributed by atoms with van der Waals surface area (Å²) in [6.07, 6.45) is 2.62. The fourth-order valence-corrected chi connectivity index (χ4v) is 7.21. The molecule has 2 aliphatic heterocycles. The molecule has 4 aliphatic rings. The van der Waals surface area contributed by atoms with E-state index in [2.05, 4.69) is 38.8 Å². The van der Waals surface area contributed by atoms with Crippen LogP contribution < -0.4 is 9.47 Å². The van der Waals surface area contributed by atoms with Gasteiger partial charge in [-0.2, -0.15) is 0 Å². The van der Waals surface area contributed by atoms with Crippen molar-refractivity contribution in [3.05, 3.63) is 23.3 Å². The molecule has 0 aromatic heterocycles. The number of methoxy groups -OCH3 is 1. The topological polar surface area (TPSA) is 41.9 Å². The zero-order chi connectivity index (χ0) is 18.4. The monoisotopic (exact) mass is 357 g/mol. The number of aliphatic hydroxyl groups is 1. The number of benzene rings is 1. The Morgan fingerprint density at radius 1 is 1.35 bits per heavy atom. The van der Waals surface area contributed by atoms with Gasteiger partial charge >= 0.3 is 0 Å². The van der Waals surface area contributed by atoms with Crippen molar-refractivity contribution in [2.75, 3.05) is 20.7 Å². The van der Waals surface area contributed by atoms with Gasteiger partial charge in [-0.25, -0.2) is 0 Å². The molecule has 1 saturated heterocycles. The second-order valence-electron chi connectivity index (χ2n) is 9.52. The zero-order valence-electron chi connectivity index (χ0n) is 16.6. The molecule has 2 bridgehead atoms. The van der Waals surface area contributed by atoms with Crippen molar-refractivity contribution >= 4 is 0 Å². The molecule has 3 unspecified atom stereocenters. The van der Waals surface area contributed by atoms with E-state index in [-0.39, 0.29) is 16.9 Å². The molecule has 1 aromatic rings. The predicted molar refractivity (Wildman–Crippen MR) is 101 cm³/mol. The Hall–Kier alpha value is -1.26. The summed E-state index contributed by atoms with van der Waals surface area (Å²) in [5.74, 6) is 2.74. The highest BCUT2D eigenvalue weighted by atomic mass is 16.5. The van der Waals surface area contributed by atoms with Crippen LogP contribution >= 0.6 is 0 Å². The summed E-state index contributed by atoms with van der Waals surface area (Å²) in [5.41, 5.74) is 2.54. The van der Waals surface area contributed by atoms with Gasteiger partial charge in [0.15, 0.2) is 11.5 Å². The van der Waals surface area contributed by atoms with Gasteiger partial charge in [0.2, 0.25) is 0 Å². The van der Waals surface area contributed by atoms with Gasteiger partial charge in [0.05, 0.1) is 13.2 Å². The SMILES string of the molecule is CCC1[C@H]2[C@H]3Cc4ccc(OC)c5c4[C@@]2(CCN3C)C(O5)C(O)C1(C)C. The van der Waals surface area contributed by atoms with Gasteiger partial charge in [0.1, 0.15) is 6.10 Å². The molecule has 4 heteroatoms. The quantitative estimate of drug-likeness (QED) is 0.884. The number of nitrogens with zero attached hydrogens (tertiary/aromatic N) is 1. The third-order valence-electron chi connectivity index (χ3n) is 8.41. The Kier molecular flexibility index (Phi) is 3.36. The first kappa shape index (κ1) is 16.9. The number of likely N-dealkylation sites (N-methyl/N-ethyl adjacent to an activating group) is 1. The molecule has 142 valence electrons. The van der Waals surface area contributed by atoms with Crippen LogP contribution in [0.25, 0.3) is 0 Å². The lowest BCUT2D eigenvalue weighted by atomic mass is 9.43. The van der Waals surface area contributed by atoms with Crippen molar-refractivity contribution in [2.24, 2.45) is 17.3 Å². The molecule has 2 heterocycles. The van der Waals surface area contributed by atoms with Crippen LogP contribution in [-0.4, -0.2) is 49.0 Å². The Morgan fingerprint density at radius 2 is 2.12 bits per heavy atom. The van der Waals surface area contributed by atoms with Crippen LogP contribution in [0.4, 0.5) is 0 Å². The second-order valence-corrected chi connectivity index (χ2v) is 9.52. The van der Waals surface area contributed by atoms with Gasteiger partial charge in [-0.1, -0.05) is 33.3 Å². The fraction of sp³-hybridized carbons (Fsp3) is 0.727. The van der Waals surface area contributed by atoms with Crippen LogP contribution in [0.5, 0.6) is 11.5 Å². The van der Waals surface area contributed by atoms with Crippen LogP contribution in [0.1, 0.15) is 44.7 Å². The highest BCUT2D eigenvalue weighted by molar-refractivity contribution is 5.61. The highest BCUT2D eigenvalue weighted by Gasteiger charge is 2.71. The number of piperidine rings is 1. The summed E-state index contributed by atoms with van der Waals surface area (Å²) in [4.78, 5) is 2.56. The van der Waals surface area contributed by atoms with E-state index in [1.165, 1.54) is 11.1 Å². The Bertz CT molecular complexity index is 760. The van der Waals surface area contributed by atoms with Gasteiger partial charge in [-0.05, 0) is 55.3 Å². The highest BCUT2D eigenvalue weighted by Crippen LogP contribution is 2.68. The summed E-state index contributed by atoms with van der Waals surface area (Å²) in [7, 11) is 4.00. The van der Waals surface area contributed by atoms with E-state index in [0.717, 1.165) is 37.3 Å². The predicted octanol–water partition coefficient (Wildman–Crippen LogP) is 3.00. The van der Waals surface area contributed by atoms with E-state index in [9.17, 15) is 5.11 Å². The number of rotatable bonds is 2. The van der Waals surface area contributed by atoms with E-state index in [1.54, 1.807) is 7.11 Å². The minimum Gasteiger partial charge on any atom is -0.493 e. The fourth-order valence-electron chi connectivity index (χ4n) is 7.21. The summed E-state index contributed by atoms with van der Waals surface area (Å²) < 4.78 is 12.2. The van der Waals surface area contributed by atoms with Gasteiger partial charge in [0, 0.05) is 17.0 Å². The first-order valence-electron chi connectivity index (χ1n) is 10.1. The van der Waals surface area contributed by atoms with Crippen LogP contribution in [0.3, 0.4) is 0 Å². The molecule has 2 fully saturated rings. The number of likely N-dealkylation sites (tertiary alicyclic amines) is 1. The summed E-state index contributed by atoms with van der Waals surface area (Å²) >= 11 is 0. The number of hydrogen-bond donors (Lipinski definition) is 1. The maximum atomic E-state index is 11.5. The Labute approximate surface area is 156 Å². The molecule has 4 nitrogen and oxygen atoms in total. The summed E-state index contributed by atoms with van der Waals surface area (Å²) in [5, 5.41) is 11.5. The molecule has 1 aromatic carbocycles. The van der Waals surface area contributed by atoms with Crippen molar-refractivity contribution in [2.45, 2.75) is 63.7 Å². The Morgan fingerprint density at radius 3 is 2.81 bits per heavy atom. The molecule has 2 aliphatic carbocycles. The largest absolute Gasteiger partial charge is 0.493 e. The van der Waals surface area contributed by atoms with Gasteiger partial charge in [-0.15, -0.1) is 0 Å². The van der Waals surface area contributed by atoms with Crippen LogP contribution in [0.2, 0.25) is 0 Å². The van der Waals surface area contributed by atoms with E-state index in [0.29, 0.717) is 17.9 Å². The molecule has 6 atom stereocenters. The van der Waals surface area contributed by atoms with Crippen molar-refractivity contribution in [3.8, 4) is 11.5 Å². The minimum absolute atomic E-state index is 0.0652. The van der Waals surface area contributed by atoms with E-state index in [1.807, 2.05) is 6.07 Å². The second kappa shape index (κ2) is 5.17. The molecule has 26 heavy (non-hydrogen) atoms. The molecule has 5 rings (SSSR count).